The largest absolute Gasteiger partial charge is 0.374 e. The van der Waals surface area contributed by atoms with Gasteiger partial charge in [-0.05, 0) is 25.2 Å². The molecule has 18 heavy (non-hydrogen) atoms. The first-order valence-electron chi connectivity index (χ1n) is 6.81. The molecule has 1 heterocycles. The van der Waals surface area contributed by atoms with E-state index in [1.54, 1.807) is 4.90 Å². The van der Waals surface area contributed by atoms with E-state index in [1.165, 1.54) is 19.3 Å². The summed E-state index contributed by atoms with van der Waals surface area (Å²) >= 11 is 0. The molecule has 1 aliphatic carbocycles. The number of hydrogen-bond acceptors (Lipinski definition) is 3. The average Bonchev–Trinajstić information content (AvgIpc) is 2.66. The summed E-state index contributed by atoms with van der Waals surface area (Å²) in [6.07, 6.45) is 5.89. The van der Waals surface area contributed by atoms with Crippen LogP contribution in [0.3, 0.4) is 0 Å². The van der Waals surface area contributed by atoms with E-state index < -0.39 is 12.5 Å². The molecular formula is C15H20NO2. The smallest absolute Gasteiger partial charge is 0.136 e. The topological polar surface area (TPSA) is 43.7 Å². The van der Waals surface area contributed by atoms with Crippen LogP contribution in [0.2, 0.25) is 0 Å². The van der Waals surface area contributed by atoms with Crippen LogP contribution in [0.25, 0.3) is 0 Å². The number of fused-ring (bicyclic) bond motifs is 1. The quantitative estimate of drug-likeness (QED) is 0.842. The lowest BCUT2D eigenvalue weighted by molar-refractivity contribution is -0.0910. The van der Waals surface area contributed by atoms with Gasteiger partial charge in [0.2, 0.25) is 0 Å². The van der Waals surface area contributed by atoms with Crippen molar-refractivity contribution in [1.29, 1.82) is 0 Å². The maximum absolute atomic E-state index is 10.3. The van der Waals surface area contributed by atoms with Gasteiger partial charge in [0, 0.05) is 17.7 Å². The molecule has 1 aromatic rings. The van der Waals surface area contributed by atoms with E-state index in [4.69, 9.17) is 0 Å². The Morgan fingerprint density at radius 1 is 1.06 bits per heavy atom. The van der Waals surface area contributed by atoms with E-state index in [-0.39, 0.29) is 0 Å². The zero-order valence-corrected chi connectivity index (χ0v) is 10.5. The molecule has 0 amide bonds. The Kier molecular flexibility index (Phi) is 3.37. The Hall–Kier alpha value is -0.900. The molecule has 3 nitrogen and oxygen atoms in total. The molecule has 0 saturated heterocycles. The highest BCUT2D eigenvalue weighted by molar-refractivity contribution is 5.34. The van der Waals surface area contributed by atoms with Gasteiger partial charge in [-0.25, -0.2) is 4.90 Å². The van der Waals surface area contributed by atoms with E-state index in [9.17, 15) is 10.2 Å². The molecule has 1 radical (unpaired) electrons. The fraction of sp³-hybridized carbons (Fsp3) is 0.533. The van der Waals surface area contributed by atoms with Crippen LogP contribution < -0.4 is 0 Å². The minimum absolute atomic E-state index is 0.498. The minimum atomic E-state index is -0.661. The van der Waals surface area contributed by atoms with Crippen LogP contribution in [0.1, 0.15) is 49.3 Å². The van der Waals surface area contributed by atoms with Crippen molar-refractivity contribution < 1.29 is 10.2 Å². The number of nitrogens with zero attached hydrogens (tertiary/aromatic N) is 1. The van der Waals surface area contributed by atoms with Crippen molar-refractivity contribution in [3.05, 3.63) is 41.8 Å². The lowest BCUT2D eigenvalue weighted by Crippen LogP contribution is -2.32. The molecule has 2 unspecified atom stereocenters. The molecule has 3 atom stereocenters. The van der Waals surface area contributed by atoms with Crippen LogP contribution in [0.4, 0.5) is 0 Å². The summed E-state index contributed by atoms with van der Waals surface area (Å²) in [5, 5.41) is 20.6. The zero-order chi connectivity index (χ0) is 12.5. The SMILES string of the molecule is OC1c2ccccc2C(O)N1C[C@H]1[CH]CCCC1. The van der Waals surface area contributed by atoms with E-state index in [2.05, 4.69) is 6.42 Å². The van der Waals surface area contributed by atoms with E-state index in [0.717, 1.165) is 24.1 Å². The highest BCUT2D eigenvalue weighted by atomic mass is 16.3. The number of aliphatic hydroxyl groups excluding tert-OH is 2. The number of benzene rings is 1. The summed E-state index contributed by atoms with van der Waals surface area (Å²) in [6.45, 7) is 0.747. The van der Waals surface area contributed by atoms with E-state index >= 15 is 0 Å². The van der Waals surface area contributed by atoms with Gasteiger partial charge in [-0.3, -0.25) is 0 Å². The Morgan fingerprint density at radius 2 is 1.72 bits per heavy atom. The summed E-state index contributed by atoms with van der Waals surface area (Å²) in [5.74, 6) is 0.498. The Balaban J connectivity index is 1.74. The van der Waals surface area contributed by atoms with E-state index in [0.29, 0.717) is 5.92 Å². The van der Waals surface area contributed by atoms with Crippen molar-refractivity contribution in [1.82, 2.24) is 4.90 Å². The van der Waals surface area contributed by atoms with Crippen LogP contribution in [0.15, 0.2) is 24.3 Å². The van der Waals surface area contributed by atoms with Crippen LogP contribution in [0.5, 0.6) is 0 Å². The number of aliphatic hydroxyl groups is 2. The van der Waals surface area contributed by atoms with Gasteiger partial charge in [-0.2, -0.15) is 0 Å². The van der Waals surface area contributed by atoms with Gasteiger partial charge in [0.05, 0.1) is 0 Å². The van der Waals surface area contributed by atoms with Crippen molar-refractivity contribution in [2.45, 2.75) is 38.1 Å². The van der Waals surface area contributed by atoms with Gasteiger partial charge in [0.25, 0.3) is 0 Å². The number of rotatable bonds is 2. The molecule has 0 aromatic heterocycles. The van der Waals surface area contributed by atoms with Crippen molar-refractivity contribution >= 4 is 0 Å². The molecule has 3 heteroatoms. The Bertz CT molecular complexity index is 386. The molecular weight excluding hydrogens is 226 g/mol. The van der Waals surface area contributed by atoms with Crippen molar-refractivity contribution in [3.8, 4) is 0 Å². The van der Waals surface area contributed by atoms with E-state index in [1.807, 2.05) is 24.3 Å². The lowest BCUT2D eigenvalue weighted by Gasteiger charge is -2.30. The predicted molar refractivity (Wildman–Crippen MR) is 69.3 cm³/mol. The maximum Gasteiger partial charge on any atom is 0.136 e. The summed E-state index contributed by atoms with van der Waals surface area (Å²) in [6, 6.07) is 7.61. The average molecular weight is 246 g/mol. The van der Waals surface area contributed by atoms with Crippen LogP contribution in [-0.4, -0.2) is 21.7 Å². The first-order chi connectivity index (χ1) is 8.77. The van der Waals surface area contributed by atoms with Gasteiger partial charge >= 0.3 is 0 Å². The molecule has 2 aliphatic rings. The highest BCUT2D eigenvalue weighted by Crippen LogP contribution is 2.40. The first-order valence-corrected chi connectivity index (χ1v) is 6.81. The van der Waals surface area contributed by atoms with Gasteiger partial charge in [0.15, 0.2) is 0 Å². The van der Waals surface area contributed by atoms with Gasteiger partial charge in [-0.1, -0.05) is 37.1 Å². The molecule has 1 aliphatic heterocycles. The molecule has 1 aromatic carbocycles. The Labute approximate surface area is 108 Å². The monoisotopic (exact) mass is 246 g/mol. The number of hydrogen-bond donors (Lipinski definition) is 2. The Morgan fingerprint density at radius 3 is 2.28 bits per heavy atom. The lowest BCUT2D eigenvalue weighted by atomic mass is 9.89. The second-order valence-electron chi connectivity index (χ2n) is 5.35. The fourth-order valence-electron chi connectivity index (χ4n) is 3.13. The summed E-state index contributed by atoms with van der Waals surface area (Å²) in [7, 11) is 0. The predicted octanol–water partition coefficient (Wildman–Crippen LogP) is 2.38. The van der Waals surface area contributed by atoms with Gasteiger partial charge < -0.3 is 10.2 Å². The molecule has 0 bridgehead atoms. The van der Waals surface area contributed by atoms with Crippen molar-refractivity contribution in [3.63, 3.8) is 0 Å². The maximum atomic E-state index is 10.3. The molecule has 97 valence electrons. The summed E-state index contributed by atoms with van der Waals surface area (Å²) in [4.78, 5) is 1.80. The standard InChI is InChI=1S/C15H20NO2/c17-14-12-8-4-5-9-13(12)15(18)16(14)10-11-6-2-1-3-7-11/h4-6,8-9,11,14-15,17-18H,1-3,7,10H2/t11-,14?,15?/m0/s1. The second kappa shape index (κ2) is 5.00. The third-order valence-electron chi connectivity index (χ3n) is 4.15. The first kappa shape index (κ1) is 12.2. The molecule has 1 saturated carbocycles. The van der Waals surface area contributed by atoms with Gasteiger partial charge in [0.1, 0.15) is 12.5 Å². The summed E-state index contributed by atoms with van der Waals surface area (Å²) < 4.78 is 0. The third-order valence-corrected chi connectivity index (χ3v) is 4.15. The molecule has 0 spiro atoms. The molecule has 3 rings (SSSR count). The molecule has 1 fully saturated rings. The fourth-order valence-corrected chi connectivity index (χ4v) is 3.13. The van der Waals surface area contributed by atoms with Crippen LogP contribution >= 0.6 is 0 Å². The molecule has 2 N–H and O–H groups in total. The van der Waals surface area contributed by atoms with Gasteiger partial charge in [-0.15, -0.1) is 0 Å². The van der Waals surface area contributed by atoms with Crippen molar-refractivity contribution in [2.75, 3.05) is 6.54 Å². The normalized spacial score (nSPS) is 29.4. The van der Waals surface area contributed by atoms with Crippen molar-refractivity contribution in [2.24, 2.45) is 5.92 Å². The van der Waals surface area contributed by atoms with Crippen LogP contribution in [-0.2, 0) is 0 Å². The minimum Gasteiger partial charge on any atom is -0.374 e. The third kappa shape index (κ3) is 2.07. The zero-order valence-electron chi connectivity index (χ0n) is 10.5. The highest BCUT2D eigenvalue weighted by Gasteiger charge is 2.37. The van der Waals surface area contributed by atoms with Crippen LogP contribution in [0, 0.1) is 12.3 Å². The second-order valence-corrected chi connectivity index (χ2v) is 5.35. The summed E-state index contributed by atoms with van der Waals surface area (Å²) in [5.41, 5.74) is 1.70.